The molecule has 0 aliphatic carbocycles. The first-order valence-corrected chi connectivity index (χ1v) is 5.07. The smallest absolute Gasteiger partial charge is 0.136 e. The zero-order valence-corrected chi connectivity index (χ0v) is 9.74. The van der Waals surface area contributed by atoms with Crippen molar-refractivity contribution in [2.75, 3.05) is 18.8 Å². The molecule has 0 spiro atoms. The molecular weight excluding hydrogens is 198 g/mol. The van der Waals surface area contributed by atoms with E-state index in [1.54, 1.807) is 11.8 Å². The van der Waals surface area contributed by atoms with Crippen molar-refractivity contribution < 1.29 is 0 Å². The number of thioether (sulfide) groups is 1. The molecule has 0 aromatic heterocycles. The van der Waals surface area contributed by atoms with Gasteiger partial charge in [0.25, 0.3) is 0 Å². The Hall–Kier alpha value is 0.530. The van der Waals surface area contributed by atoms with E-state index in [2.05, 4.69) is 25.7 Å². The lowest BCUT2D eigenvalue weighted by atomic mass is 10.6. The fourth-order valence-corrected chi connectivity index (χ4v) is 2.00. The van der Waals surface area contributed by atoms with Crippen molar-refractivity contribution in [1.82, 2.24) is 4.90 Å². The van der Waals surface area contributed by atoms with Crippen molar-refractivity contribution in [1.29, 1.82) is 0 Å². The van der Waals surface area contributed by atoms with Gasteiger partial charge >= 0.3 is 0 Å². The third-order valence-corrected chi connectivity index (χ3v) is 2.70. The summed E-state index contributed by atoms with van der Waals surface area (Å²) in [5.74, 6) is 1.08. The third-order valence-electron chi connectivity index (χ3n) is 1.29. The zero-order valence-electron chi connectivity index (χ0n) is 7.29. The Labute approximate surface area is 85.3 Å². The lowest BCUT2D eigenvalue weighted by molar-refractivity contribution is 0.482. The monoisotopic (exact) mass is 213 g/mol. The van der Waals surface area contributed by atoms with Crippen LogP contribution in [0.15, 0.2) is 0 Å². The van der Waals surface area contributed by atoms with E-state index in [1.165, 1.54) is 0 Å². The summed E-state index contributed by atoms with van der Waals surface area (Å²) in [5, 5.41) is 0. The molecule has 1 nitrogen and oxygen atoms in total. The van der Waals surface area contributed by atoms with Gasteiger partial charge < -0.3 is 4.90 Å². The van der Waals surface area contributed by atoms with Gasteiger partial charge in [0.2, 0.25) is 0 Å². The maximum atomic E-state index is 5.16. The Morgan fingerprint density at radius 2 is 1.73 bits per heavy atom. The van der Waals surface area contributed by atoms with Crippen molar-refractivity contribution >= 4 is 40.7 Å². The van der Waals surface area contributed by atoms with Gasteiger partial charge in [0.15, 0.2) is 0 Å². The highest BCUT2D eigenvalue weighted by molar-refractivity contribution is 8.22. The van der Waals surface area contributed by atoms with Gasteiger partial charge in [0, 0.05) is 13.1 Å². The lowest BCUT2D eigenvalue weighted by Crippen LogP contribution is -2.26. The predicted octanol–water partition coefficient (Wildman–Crippen LogP) is 2.79. The molecule has 0 fully saturated rings. The molecule has 0 aliphatic heterocycles. The van der Waals surface area contributed by atoms with Crippen LogP contribution >= 0.6 is 36.4 Å². The highest BCUT2D eigenvalue weighted by Crippen LogP contribution is 2.07. The molecule has 0 unspecified atom stereocenters. The van der Waals surface area contributed by atoms with Crippen LogP contribution in [0.25, 0.3) is 0 Å². The Balaban J connectivity index is 0. The minimum Gasteiger partial charge on any atom is -0.358 e. The quantitative estimate of drug-likeness (QED) is 0.664. The molecule has 0 aromatic rings. The molecule has 11 heavy (non-hydrogen) atoms. The molecule has 0 aliphatic rings. The topological polar surface area (TPSA) is 3.24 Å². The first-order chi connectivity index (χ1) is 4.76. The number of hydrogen-bond donors (Lipinski definition) is 0. The SMILES string of the molecule is CCSC(=S)N(CC)CC.Cl. The zero-order chi connectivity index (χ0) is 7.98. The third kappa shape index (κ3) is 5.76. The first kappa shape index (κ1) is 14.1. The molecule has 0 N–H and O–H groups in total. The van der Waals surface area contributed by atoms with Gasteiger partial charge in [-0.1, -0.05) is 30.9 Å². The maximum absolute atomic E-state index is 5.16. The molecule has 0 aromatic carbocycles. The highest BCUT2D eigenvalue weighted by Gasteiger charge is 2.02. The van der Waals surface area contributed by atoms with E-state index in [1.807, 2.05) is 0 Å². The van der Waals surface area contributed by atoms with Crippen LogP contribution < -0.4 is 0 Å². The summed E-state index contributed by atoms with van der Waals surface area (Å²) in [6.45, 7) is 8.45. The second-order valence-electron chi connectivity index (χ2n) is 1.87. The van der Waals surface area contributed by atoms with Gasteiger partial charge in [-0.2, -0.15) is 0 Å². The van der Waals surface area contributed by atoms with E-state index in [-0.39, 0.29) is 12.4 Å². The largest absolute Gasteiger partial charge is 0.358 e. The van der Waals surface area contributed by atoms with E-state index in [0.717, 1.165) is 23.2 Å². The molecular formula is C7H16ClNS2. The average molecular weight is 214 g/mol. The normalized spacial score (nSPS) is 8.64. The Morgan fingerprint density at radius 3 is 2.00 bits per heavy atom. The van der Waals surface area contributed by atoms with E-state index in [9.17, 15) is 0 Å². The number of halogens is 1. The number of nitrogens with zero attached hydrogens (tertiary/aromatic N) is 1. The molecule has 0 heterocycles. The predicted molar refractivity (Wildman–Crippen MR) is 60.9 cm³/mol. The van der Waals surface area contributed by atoms with Crippen LogP contribution in [0.4, 0.5) is 0 Å². The van der Waals surface area contributed by atoms with E-state index in [0.29, 0.717) is 0 Å². The molecule has 0 saturated heterocycles. The number of thiocarbonyl (C=S) groups is 1. The first-order valence-electron chi connectivity index (χ1n) is 3.67. The van der Waals surface area contributed by atoms with Gasteiger partial charge in [0.1, 0.15) is 4.32 Å². The molecule has 0 atom stereocenters. The molecule has 4 heteroatoms. The van der Waals surface area contributed by atoms with Crippen molar-refractivity contribution in [3.05, 3.63) is 0 Å². The molecule has 68 valence electrons. The summed E-state index contributed by atoms with van der Waals surface area (Å²) in [4.78, 5) is 2.20. The van der Waals surface area contributed by atoms with Gasteiger partial charge in [-0.25, -0.2) is 0 Å². The van der Waals surface area contributed by atoms with Gasteiger partial charge in [0.05, 0.1) is 0 Å². The van der Waals surface area contributed by atoms with Gasteiger partial charge in [-0.15, -0.1) is 12.4 Å². The minimum absolute atomic E-state index is 0. The summed E-state index contributed by atoms with van der Waals surface area (Å²) < 4.78 is 1.03. The minimum atomic E-state index is 0. The summed E-state index contributed by atoms with van der Waals surface area (Å²) >= 11 is 6.91. The number of rotatable bonds is 3. The van der Waals surface area contributed by atoms with Gasteiger partial charge in [-0.3, -0.25) is 0 Å². The van der Waals surface area contributed by atoms with E-state index < -0.39 is 0 Å². The second-order valence-corrected chi connectivity index (χ2v) is 3.77. The van der Waals surface area contributed by atoms with Crippen LogP contribution in [0.5, 0.6) is 0 Å². The van der Waals surface area contributed by atoms with Crippen LogP contribution in [0.2, 0.25) is 0 Å². The summed E-state index contributed by atoms with van der Waals surface area (Å²) in [6, 6.07) is 0. The Kier molecular flexibility index (Phi) is 11.0. The van der Waals surface area contributed by atoms with Crippen molar-refractivity contribution in [3.63, 3.8) is 0 Å². The van der Waals surface area contributed by atoms with Crippen LogP contribution in [0.1, 0.15) is 20.8 Å². The second kappa shape index (κ2) is 8.62. The Bertz CT molecular complexity index is 105. The fraction of sp³-hybridized carbons (Fsp3) is 0.857. The molecule has 0 rings (SSSR count). The summed E-state index contributed by atoms with van der Waals surface area (Å²) in [6.07, 6.45) is 0. The Morgan fingerprint density at radius 1 is 1.27 bits per heavy atom. The average Bonchev–Trinajstić information content (AvgIpc) is 1.91. The molecule has 0 amide bonds. The van der Waals surface area contributed by atoms with Crippen LogP contribution in [-0.2, 0) is 0 Å². The molecule has 0 bridgehead atoms. The van der Waals surface area contributed by atoms with Crippen molar-refractivity contribution in [3.8, 4) is 0 Å². The van der Waals surface area contributed by atoms with Crippen LogP contribution in [-0.4, -0.2) is 28.1 Å². The lowest BCUT2D eigenvalue weighted by Gasteiger charge is -2.20. The highest BCUT2D eigenvalue weighted by atomic mass is 35.5. The van der Waals surface area contributed by atoms with E-state index >= 15 is 0 Å². The van der Waals surface area contributed by atoms with Crippen LogP contribution in [0, 0.1) is 0 Å². The summed E-state index contributed by atoms with van der Waals surface area (Å²) in [7, 11) is 0. The van der Waals surface area contributed by atoms with E-state index in [4.69, 9.17) is 12.2 Å². The van der Waals surface area contributed by atoms with Crippen molar-refractivity contribution in [2.24, 2.45) is 0 Å². The molecule has 0 radical (unpaired) electrons. The van der Waals surface area contributed by atoms with Crippen LogP contribution in [0.3, 0.4) is 0 Å². The standard InChI is InChI=1S/C7H15NS2.ClH/c1-4-8(5-2)7(9)10-6-3;/h4-6H2,1-3H3;1H. The summed E-state index contributed by atoms with van der Waals surface area (Å²) in [5.41, 5.74) is 0. The van der Waals surface area contributed by atoms with Crippen molar-refractivity contribution in [2.45, 2.75) is 20.8 Å². The van der Waals surface area contributed by atoms with Gasteiger partial charge in [-0.05, 0) is 19.6 Å². The fourth-order valence-electron chi connectivity index (χ4n) is 0.697. The molecule has 0 saturated carbocycles. The maximum Gasteiger partial charge on any atom is 0.136 e. The number of hydrogen-bond acceptors (Lipinski definition) is 2.